The summed E-state index contributed by atoms with van der Waals surface area (Å²) in [5.41, 5.74) is 2.04. The standard InChI is InChI=1S/C13H16ClNO2/c1-9(14)13(16)15-8-4-6-10-5-3-7-11(17-2)12(10)15/h3,5,7,9H,4,6,8H2,1-2H3. The van der Waals surface area contributed by atoms with Crippen LogP contribution in [0.1, 0.15) is 18.9 Å². The quantitative estimate of drug-likeness (QED) is 0.759. The van der Waals surface area contributed by atoms with Gasteiger partial charge in [0, 0.05) is 6.54 Å². The van der Waals surface area contributed by atoms with Crippen molar-refractivity contribution in [3.63, 3.8) is 0 Å². The van der Waals surface area contributed by atoms with Gasteiger partial charge in [-0.25, -0.2) is 0 Å². The van der Waals surface area contributed by atoms with Crippen molar-refractivity contribution < 1.29 is 9.53 Å². The van der Waals surface area contributed by atoms with Crippen LogP contribution in [0.5, 0.6) is 5.75 Å². The first-order valence-electron chi connectivity index (χ1n) is 5.76. The second-order valence-electron chi connectivity index (χ2n) is 4.18. The van der Waals surface area contributed by atoms with Gasteiger partial charge in [-0.15, -0.1) is 11.6 Å². The molecular formula is C13H16ClNO2. The van der Waals surface area contributed by atoms with E-state index in [-0.39, 0.29) is 5.91 Å². The highest BCUT2D eigenvalue weighted by molar-refractivity contribution is 6.32. The van der Waals surface area contributed by atoms with Crippen LogP contribution in [-0.4, -0.2) is 24.9 Å². The monoisotopic (exact) mass is 253 g/mol. The second kappa shape index (κ2) is 4.96. The summed E-state index contributed by atoms with van der Waals surface area (Å²) in [7, 11) is 1.62. The van der Waals surface area contributed by atoms with Gasteiger partial charge in [-0.3, -0.25) is 4.79 Å². The van der Waals surface area contributed by atoms with Crippen molar-refractivity contribution in [1.82, 2.24) is 0 Å². The third-order valence-corrected chi connectivity index (χ3v) is 3.19. The average molecular weight is 254 g/mol. The molecule has 1 aromatic rings. The number of amides is 1. The van der Waals surface area contributed by atoms with Crippen molar-refractivity contribution in [2.45, 2.75) is 25.1 Å². The Hall–Kier alpha value is -1.22. The van der Waals surface area contributed by atoms with Crippen molar-refractivity contribution in [3.05, 3.63) is 23.8 Å². The molecule has 0 radical (unpaired) electrons. The zero-order chi connectivity index (χ0) is 12.4. The van der Waals surface area contributed by atoms with Gasteiger partial charge in [0.1, 0.15) is 11.1 Å². The molecule has 1 atom stereocenters. The van der Waals surface area contributed by atoms with E-state index < -0.39 is 5.38 Å². The molecule has 0 saturated heterocycles. The van der Waals surface area contributed by atoms with Gasteiger partial charge in [-0.1, -0.05) is 12.1 Å². The SMILES string of the molecule is COc1cccc2c1N(C(=O)C(C)Cl)CCC2. The van der Waals surface area contributed by atoms with Crippen molar-refractivity contribution in [2.75, 3.05) is 18.6 Å². The summed E-state index contributed by atoms with van der Waals surface area (Å²) in [5.74, 6) is 0.685. The lowest BCUT2D eigenvalue weighted by Crippen LogP contribution is -2.39. The Morgan fingerprint density at radius 2 is 2.29 bits per heavy atom. The topological polar surface area (TPSA) is 29.5 Å². The summed E-state index contributed by atoms with van der Waals surface area (Å²) in [6.45, 7) is 2.41. The van der Waals surface area contributed by atoms with Crippen LogP contribution in [-0.2, 0) is 11.2 Å². The van der Waals surface area contributed by atoms with E-state index in [1.54, 1.807) is 18.9 Å². The maximum Gasteiger partial charge on any atom is 0.244 e. The number of carbonyl (C=O) groups excluding carboxylic acids is 1. The lowest BCUT2D eigenvalue weighted by molar-refractivity contribution is -0.118. The lowest BCUT2D eigenvalue weighted by Gasteiger charge is -2.31. The molecule has 4 heteroatoms. The predicted molar refractivity (Wildman–Crippen MR) is 69.0 cm³/mol. The summed E-state index contributed by atoms with van der Waals surface area (Å²) in [4.78, 5) is 13.8. The average Bonchev–Trinajstić information content (AvgIpc) is 2.36. The molecule has 0 bridgehead atoms. The van der Waals surface area contributed by atoms with E-state index >= 15 is 0 Å². The summed E-state index contributed by atoms with van der Waals surface area (Å²) in [5, 5.41) is -0.508. The van der Waals surface area contributed by atoms with Crippen molar-refractivity contribution in [1.29, 1.82) is 0 Å². The molecule has 2 rings (SSSR count). The van der Waals surface area contributed by atoms with Crippen molar-refractivity contribution >= 4 is 23.2 Å². The number of aryl methyl sites for hydroxylation is 1. The van der Waals surface area contributed by atoms with Crippen LogP contribution in [0.25, 0.3) is 0 Å². The molecule has 17 heavy (non-hydrogen) atoms. The van der Waals surface area contributed by atoms with E-state index in [0.29, 0.717) is 6.54 Å². The Bertz CT molecular complexity index is 417. The molecule has 1 aromatic carbocycles. The summed E-state index contributed by atoms with van der Waals surface area (Å²) >= 11 is 5.89. The molecule has 1 heterocycles. The van der Waals surface area contributed by atoms with Crippen LogP contribution in [0.4, 0.5) is 5.69 Å². The fourth-order valence-corrected chi connectivity index (χ4v) is 2.33. The minimum absolute atomic E-state index is 0.0582. The molecule has 3 nitrogen and oxygen atoms in total. The van der Waals surface area contributed by atoms with E-state index in [0.717, 1.165) is 29.8 Å². The van der Waals surface area contributed by atoms with Crippen LogP contribution in [0.15, 0.2) is 18.2 Å². The van der Waals surface area contributed by atoms with Gasteiger partial charge in [0.2, 0.25) is 5.91 Å². The lowest BCUT2D eigenvalue weighted by atomic mass is 10.0. The van der Waals surface area contributed by atoms with Crippen LogP contribution < -0.4 is 9.64 Å². The maximum atomic E-state index is 12.1. The normalized spacial score (nSPS) is 16.3. The number of hydrogen-bond donors (Lipinski definition) is 0. The molecule has 92 valence electrons. The third-order valence-electron chi connectivity index (χ3n) is 3.01. The number of alkyl halides is 1. The highest BCUT2D eigenvalue weighted by Crippen LogP contribution is 2.36. The molecule has 0 aromatic heterocycles. The Kier molecular flexibility index (Phi) is 3.57. The van der Waals surface area contributed by atoms with Gasteiger partial charge in [0.05, 0.1) is 12.8 Å². The number of rotatable bonds is 2. The van der Waals surface area contributed by atoms with Gasteiger partial charge in [-0.05, 0) is 31.4 Å². The fraction of sp³-hybridized carbons (Fsp3) is 0.462. The largest absolute Gasteiger partial charge is 0.495 e. The van der Waals surface area contributed by atoms with Crippen LogP contribution in [0.2, 0.25) is 0 Å². The molecular weight excluding hydrogens is 238 g/mol. The third kappa shape index (κ3) is 2.25. The zero-order valence-electron chi connectivity index (χ0n) is 10.1. The number of nitrogens with zero attached hydrogens (tertiary/aromatic N) is 1. The predicted octanol–water partition coefficient (Wildman–Crippen LogP) is 2.60. The van der Waals surface area contributed by atoms with Gasteiger partial charge in [0.15, 0.2) is 0 Å². The number of halogens is 1. The summed E-state index contributed by atoms with van der Waals surface area (Å²) in [6, 6.07) is 5.87. The first-order valence-corrected chi connectivity index (χ1v) is 6.20. The molecule has 0 N–H and O–H groups in total. The zero-order valence-corrected chi connectivity index (χ0v) is 10.8. The number of benzene rings is 1. The molecule has 1 aliphatic rings. The molecule has 1 unspecified atom stereocenters. The van der Waals surface area contributed by atoms with Gasteiger partial charge < -0.3 is 9.64 Å². The minimum atomic E-state index is -0.508. The minimum Gasteiger partial charge on any atom is -0.495 e. The number of anilines is 1. The number of para-hydroxylation sites is 1. The molecule has 0 aliphatic carbocycles. The number of methoxy groups -OCH3 is 1. The van der Waals surface area contributed by atoms with Gasteiger partial charge in [-0.2, -0.15) is 0 Å². The van der Waals surface area contributed by atoms with Crippen LogP contribution in [0, 0.1) is 0 Å². The van der Waals surface area contributed by atoms with Crippen LogP contribution in [0.3, 0.4) is 0 Å². The highest BCUT2D eigenvalue weighted by Gasteiger charge is 2.27. The number of hydrogen-bond acceptors (Lipinski definition) is 2. The summed E-state index contributed by atoms with van der Waals surface area (Å²) < 4.78 is 5.34. The highest BCUT2D eigenvalue weighted by atomic mass is 35.5. The fourth-order valence-electron chi connectivity index (χ4n) is 2.22. The molecule has 1 amide bonds. The Morgan fingerprint density at radius 3 is 2.94 bits per heavy atom. The number of carbonyl (C=O) groups is 1. The molecule has 0 fully saturated rings. The van der Waals surface area contributed by atoms with E-state index in [4.69, 9.17) is 16.3 Å². The smallest absolute Gasteiger partial charge is 0.244 e. The van der Waals surface area contributed by atoms with Gasteiger partial charge in [0.25, 0.3) is 0 Å². The first-order chi connectivity index (χ1) is 8.15. The molecule has 0 spiro atoms. The van der Waals surface area contributed by atoms with E-state index in [9.17, 15) is 4.79 Å². The Balaban J connectivity index is 2.45. The van der Waals surface area contributed by atoms with Gasteiger partial charge >= 0.3 is 0 Å². The number of ether oxygens (including phenoxy) is 1. The molecule has 1 aliphatic heterocycles. The van der Waals surface area contributed by atoms with Crippen LogP contribution >= 0.6 is 11.6 Å². The summed E-state index contributed by atoms with van der Waals surface area (Å²) in [6.07, 6.45) is 1.95. The number of fused-ring (bicyclic) bond motifs is 1. The van der Waals surface area contributed by atoms with Crippen molar-refractivity contribution in [2.24, 2.45) is 0 Å². The Labute approximate surface area is 106 Å². The molecule has 0 saturated carbocycles. The Morgan fingerprint density at radius 1 is 1.53 bits per heavy atom. The second-order valence-corrected chi connectivity index (χ2v) is 4.83. The maximum absolute atomic E-state index is 12.1. The van der Waals surface area contributed by atoms with E-state index in [1.165, 1.54) is 0 Å². The van der Waals surface area contributed by atoms with Crippen molar-refractivity contribution in [3.8, 4) is 5.75 Å². The first kappa shape index (κ1) is 12.2. The van der Waals surface area contributed by atoms with E-state index in [2.05, 4.69) is 0 Å². The van der Waals surface area contributed by atoms with E-state index in [1.807, 2.05) is 18.2 Å².